The lowest BCUT2D eigenvalue weighted by Crippen LogP contribution is -1.99. The number of fused-ring (bicyclic) bond motifs is 6. The molecule has 8 rings (SSSR count). The summed E-state index contributed by atoms with van der Waals surface area (Å²) in [5, 5.41) is 11.8. The molecule has 1 aliphatic rings. The fourth-order valence-corrected chi connectivity index (χ4v) is 6.50. The maximum atomic E-state index is 9.28. The van der Waals surface area contributed by atoms with Crippen LogP contribution in [-0.4, -0.2) is 4.57 Å². The van der Waals surface area contributed by atoms with Crippen LogP contribution in [0.5, 0.6) is 0 Å². The summed E-state index contributed by atoms with van der Waals surface area (Å²) in [5.41, 5.74) is 13.1. The van der Waals surface area contributed by atoms with Gasteiger partial charge in [0.25, 0.3) is 0 Å². The van der Waals surface area contributed by atoms with E-state index in [1.54, 1.807) is 0 Å². The normalized spacial score (nSPS) is 13.7. The van der Waals surface area contributed by atoms with Crippen LogP contribution in [-0.2, 0) is 0 Å². The minimum atomic E-state index is 0.166. The van der Waals surface area contributed by atoms with E-state index in [4.69, 9.17) is 0 Å². The number of nitriles is 1. The second kappa shape index (κ2) is 8.83. The molecule has 1 aromatic heterocycles. The standard InChI is InChI=1S/C38H24N2/c39-24-25-14-16-26(17-15-25)38-32-12-5-4-10-30(32)34-22-27(18-20-33(34)38)28-19-21-37-35(23-28)31-11-6-7-13-36(31)40(37)29-8-2-1-3-9-29/h1-23,38H. The molecule has 186 valence electrons. The summed E-state index contributed by atoms with van der Waals surface area (Å²) in [7, 11) is 0. The van der Waals surface area contributed by atoms with Crippen molar-refractivity contribution in [3.8, 4) is 34.0 Å². The quantitative estimate of drug-likeness (QED) is 0.234. The molecular formula is C38H24N2. The van der Waals surface area contributed by atoms with Crippen molar-refractivity contribution >= 4 is 21.8 Å². The smallest absolute Gasteiger partial charge is 0.0991 e. The number of nitrogens with zero attached hydrogens (tertiary/aromatic N) is 2. The molecule has 0 spiro atoms. The fourth-order valence-electron chi connectivity index (χ4n) is 6.50. The van der Waals surface area contributed by atoms with Gasteiger partial charge in [0.05, 0.1) is 22.7 Å². The molecule has 0 saturated heterocycles. The first-order chi connectivity index (χ1) is 19.8. The molecule has 6 aromatic carbocycles. The Morgan fingerprint density at radius 3 is 2.05 bits per heavy atom. The van der Waals surface area contributed by atoms with Gasteiger partial charge in [0.2, 0.25) is 0 Å². The third kappa shape index (κ3) is 3.35. The molecule has 40 heavy (non-hydrogen) atoms. The summed E-state index contributed by atoms with van der Waals surface area (Å²) in [6, 6.07) is 52.0. The Balaban J connectivity index is 1.29. The molecule has 2 heteroatoms. The Labute approximate surface area is 233 Å². The van der Waals surface area contributed by atoms with Gasteiger partial charge in [-0.15, -0.1) is 0 Å². The lowest BCUT2D eigenvalue weighted by Gasteiger charge is -2.15. The van der Waals surface area contributed by atoms with Gasteiger partial charge in [-0.05, 0) is 87.5 Å². The van der Waals surface area contributed by atoms with Crippen LogP contribution in [0.15, 0.2) is 140 Å². The van der Waals surface area contributed by atoms with Gasteiger partial charge in [0.15, 0.2) is 0 Å². The molecule has 1 aliphatic carbocycles. The first kappa shape index (κ1) is 22.6. The van der Waals surface area contributed by atoms with E-state index in [1.165, 1.54) is 66.4 Å². The monoisotopic (exact) mass is 508 g/mol. The van der Waals surface area contributed by atoms with Crippen LogP contribution >= 0.6 is 0 Å². The molecule has 1 unspecified atom stereocenters. The zero-order valence-electron chi connectivity index (χ0n) is 21.8. The van der Waals surface area contributed by atoms with Crippen LogP contribution in [0.1, 0.15) is 28.2 Å². The van der Waals surface area contributed by atoms with E-state index in [-0.39, 0.29) is 5.92 Å². The van der Waals surface area contributed by atoms with Gasteiger partial charge < -0.3 is 4.57 Å². The van der Waals surface area contributed by atoms with Crippen LogP contribution in [0, 0.1) is 11.3 Å². The largest absolute Gasteiger partial charge is 0.309 e. The van der Waals surface area contributed by atoms with E-state index in [0.29, 0.717) is 5.56 Å². The zero-order valence-corrected chi connectivity index (χ0v) is 21.8. The molecule has 2 nitrogen and oxygen atoms in total. The minimum Gasteiger partial charge on any atom is -0.309 e. The van der Waals surface area contributed by atoms with E-state index in [1.807, 2.05) is 12.1 Å². The average molecular weight is 509 g/mol. The molecule has 0 radical (unpaired) electrons. The van der Waals surface area contributed by atoms with E-state index in [9.17, 15) is 5.26 Å². The topological polar surface area (TPSA) is 28.7 Å². The third-order valence-corrected chi connectivity index (χ3v) is 8.32. The highest BCUT2D eigenvalue weighted by Crippen LogP contribution is 2.49. The Hall–Kier alpha value is -5.39. The molecule has 1 atom stereocenters. The van der Waals surface area contributed by atoms with Gasteiger partial charge in [-0.2, -0.15) is 5.26 Å². The van der Waals surface area contributed by atoms with E-state index in [2.05, 4.69) is 138 Å². The summed E-state index contributed by atoms with van der Waals surface area (Å²) in [6.07, 6.45) is 0. The molecular weight excluding hydrogens is 484 g/mol. The molecule has 0 fully saturated rings. The molecule has 7 aromatic rings. The predicted molar refractivity (Wildman–Crippen MR) is 164 cm³/mol. The summed E-state index contributed by atoms with van der Waals surface area (Å²) in [6.45, 7) is 0. The van der Waals surface area contributed by atoms with Crippen molar-refractivity contribution in [1.82, 2.24) is 4.57 Å². The number of hydrogen-bond acceptors (Lipinski definition) is 1. The van der Waals surface area contributed by atoms with Crippen LogP contribution in [0.25, 0.3) is 49.7 Å². The van der Waals surface area contributed by atoms with E-state index in [0.717, 1.165) is 0 Å². The lowest BCUT2D eigenvalue weighted by atomic mass is 9.88. The first-order valence-corrected chi connectivity index (χ1v) is 13.6. The first-order valence-electron chi connectivity index (χ1n) is 13.6. The zero-order chi connectivity index (χ0) is 26.6. The molecule has 0 N–H and O–H groups in total. The van der Waals surface area contributed by atoms with Crippen molar-refractivity contribution in [2.45, 2.75) is 5.92 Å². The van der Waals surface area contributed by atoms with Crippen LogP contribution in [0.4, 0.5) is 0 Å². The van der Waals surface area contributed by atoms with Gasteiger partial charge in [-0.3, -0.25) is 0 Å². The Morgan fingerprint density at radius 2 is 1.20 bits per heavy atom. The lowest BCUT2D eigenvalue weighted by molar-refractivity contribution is 1.01. The molecule has 0 aliphatic heterocycles. The van der Waals surface area contributed by atoms with Crippen molar-refractivity contribution in [2.24, 2.45) is 0 Å². The predicted octanol–water partition coefficient (Wildman–Crippen LogP) is 9.48. The van der Waals surface area contributed by atoms with Crippen molar-refractivity contribution in [3.63, 3.8) is 0 Å². The van der Waals surface area contributed by atoms with Crippen LogP contribution < -0.4 is 0 Å². The Bertz CT molecular complexity index is 2110. The molecule has 0 saturated carbocycles. The maximum absolute atomic E-state index is 9.28. The second-order valence-corrected chi connectivity index (χ2v) is 10.5. The molecule has 1 heterocycles. The molecule has 0 amide bonds. The molecule has 0 bridgehead atoms. The van der Waals surface area contributed by atoms with Gasteiger partial charge >= 0.3 is 0 Å². The van der Waals surface area contributed by atoms with Gasteiger partial charge in [0.1, 0.15) is 0 Å². The van der Waals surface area contributed by atoms with Gasteiger partial charge in [-0.1, -0.05) is 91.0 Å². The number of hydrogen-bond donors (Lipinski definition) is 0. The highest BCUT2D eigenvalue weighted by atomic mass is 15.0. The Kier molecular flexibility index (Phi) is 4.99. The number of rotatable bonds is 3. The summed E-state index contributed by atoms with van der Waals surface area (Å²) in [4.78, 5) is 0. The fraction of sp³-hybridized carbons (Fsp3) is 0.0263. The average Bonchev–Trinajstić information content (AvgIpc) is 3.54. The van der Waals surface area contributed by atoms with Gasteiger partial charge in [-0.25, -0.2) is 0 Å². The third-order valence-electron chi connectivity index (χ3n) is 8.32. The van der Waals surface area contributed by atoms with Crippen molar-refractivity contribution in [2.75, 3.05) is 0 Å². The SMILES string of the molecule is N#Cc1ccc(C2c3ccccc3-c3cc(-c4ccc5c(c4)c4ccccc4n5-c4ccccc4)ccc32)cc1. The van der Waals surface area contributed by atoms with Crippen LogP contribution in [0.3, 0.4) is 0 Å². The summed E-state index contributed by atoms with van der Waals surface area (Å²) >= 11 is 0. The number of aromatic nitrogens is 1. The second-order valence-electron chi connectivity index (χ2n) is 10.5. The number of para-hydroxylation sites is 2. The summed E-state index contributed by atoms with van der Waals surface area (Å²) in [5.74, 6) is 0.166. The Morgan fingerprint density at radius 1 is 0.525 bits per heavy atom. The summed E-state index contributed by atoms with van der Waals surface area (Å²) < 4.78 is 2.36. The number of benzene rings is 6. The minimum absolute atomic E-state index is 0.166. The van der Waals surface area contributed by atoms with E-state index >= 15 is 0 Å². The maximum Gasteiger partial charge on any atom is 0.0991 e. The van der Waals surface area contributed by atoms with Crippen molar-refractivity contribution in [3.05, 3.63) is 162 Å². The van der Waals surface area contributed by atoms with Gasteiger partial charge in [0, 0.05) is 22.4 Å². The van der Waals surface area contributed by atoms with Crippen molar-refractivity contribution in [1.29, 1.82) is 5.26 Å². The van der Waals surface area contributed by atoms with E-state index < -0.39 is 0 Å². The highest BCUT2D eigenvalue weighted by molar-refractivity contribution is 6.10. The van der Waals surface area contributed by atoms with Crippen LogP contribution in [0.2, 0.25) is 0 Å². The highest BCUT2D eigenvalue weighted by Gasteiger charge is 2.30. The van der Waals surface area contributed by atoms with Crippen molar-refractivity contribution < 1.29 is 0 Å².